The van der Waals surface area contributed by atoms with E-state index in [1.54, 1.807) is 0 Å². The number of phenols is 1. The van der Waals surface area contributed by atoms with Gasteiger partial charge in [0.05, 0.1) is 0 Å². The van der Waals surface area contributed by atoms with Crippen molar-refractivity contribution in [3.63, 3.8) is 0 Å². The Morgan fingerprint density at radius 1 is 1.11 bits per heavy atom. The summed E-state index contributed by atoms with van der Waals surface area (Å²) in [5, 5.41) is 10.3. The Morgan fingerprint density at radius 3 is 2.16 bits per heavy atom. The van der Waals surface area contributed by atoms with E-state index in [2.05, 4.69) is 0 Å². The zero-order valence-electron chi connectivity index (χ0n) is 12.5. The highest BCUT2D eigenvalue weighted by Gasteiger charge is 2.18. The average molecular weight is 262 g/mol. The highest BCUT2D eigenvalue weighted by atomic mass is 16.5. The van der Waals surface area contributed by atoms with Crippen LogP contribution < -0.4 is 4.74 Å². The van der Waals surface area contributed by atoms with Crippen molar-refractivity contribution in [1.82, 2.24) is 0 Å². The molecule has 0 fully saturated rings. The number of hydrogen-bond acceptors (Lipinski definition) is 3. The third-order valence-corrected chi connectivity index (χ3v) is 3.30. The fourth-order valence-corrected chi connectivity index (χ4v) is 2.02. The lowest BCUT2D eigenvalue weighted by Crippen LogP contribution is -2.07. The van der Waals surface area contributed by atoms with Crippen molar-refractivity contribution < 1.29 is 14.6 Å². The molecule has 3 nitrogen and oxygen atoms in total. The molecule has 1 N–H and O–H groups in total. The summed E-state index contributed by atoms with van der Waals surface area (Å²) in [6.07, 6.45) is 2.68. The molecule has 1 aromatic rings. The largest absolute Gasteiger partial charge is 0.507 e. The van der Waals surface area contributed by atoms with E-state index in [1.807, 2.05) is 40.7 Å². The molecule has 0 unspecified atom stereocenters. The highest BCUT2D eigenvalue weighted by Crippen LogP contribution is 2.37. The van der Waals surface area contributed by atoms with Crippen LogP contribution in [0.3, 0.4) is 0 Å². The molecule has 0 aliphatic heterocycles. The first-order valence-corrected chi connectivity index (χ1v) is 6.39. The number of carbonyl (C=O) groups is 1. The summed E-state index contributed by atoms with van der Waals surface area (Å²) in [7, 11) is 0. The molecule has 0 aliphatic carbocycles. The maximum atomic E-state index is 11.2. The van der Waals surface area contributed by atoms with Crippen LogP contribution in [0.2, 0.25) is 0 Å². The van der Waals surface area contributed by atoms with Crippen molar-refractivity contribution >= 4 is 5.97 Å². The minimum Gasteiger partial charge on any atom is -0.507 e. The number of allylic oxidation sites excluding steroid dienone is 2. The second-order valence-corrected chi connectivity index (χ2v) is 5.11. The van der Waals surface area contributed by atoms with Crippen LogP contribution in [-0.4, -0.2) is 11.1 Å². The molecule has 1 rings (SSSR count). The SMILES string of the molecule is CC(=O)Oc1c(C)c(C)c(O)c(CC=C(C)C)c1C. The van der Waals surface area contributed by atoms with Crippen LogP contribution in [0.25, 0.3) is 0 Å². The Morgan fingerprint density at radius 2 is 1.68 bits per heavy atom. The summed E-state index contributed by atoms with van der Waals surface area (Å²) in [6, 6.07) is 0. The van der Waals surface area contributed by atoms with Crippen molar-refractivity contribution in [3.05, 3.63) is 33.9 Å². The average Bonchev–Trinajstić information content (AvgIpc) is 2.31. The Balaban J connectivity index is 3.42. The Hall–Kier alpha value is -1.77. The zero-order valence-corrected chi connectivity index (χ0v) is 12.5. The third-order valence-electron chi connectivity index (χ3n) is 3.30. The van der Waals surface area contributed by atoms with Crippen LogP contribution in [0.4, 0.5) is 0 Å². The number of carbonyl (C=O) groups excluding carboxylic acids is 1. The molecular weight excluding hydrogens is 240 g/mol. The standard InChI is InChI=1S/C16H22O3/c1-9(2)7-8-14-12(5)16(19-13(6)17)11(4)10(3)15(14)18/h7,18H,8H2,1-6H3. The van der Waals surface area contributed by atoms with Gasteiger partial charge in [-0.3, -0.25) is 4.79 Å². The molecule has 0 saturated carbocycles. The first kappa shape index (κ1) is 15.3. The molecule has 0 amide bonds. The lowest BCUT2D eigenvalue weighted by Gasteiger charge is -2.17. The van der Waals surface area contributed by atoms with Gasteiger partial charge in [0.25, 0.3) is 0 Å². The fourth-order valence-electron chi connectivity index (χ4n) is 2.02. The van der Waals surface area contributed by atoms with E-state index in [4.69, 9.17) is 4.74 Å². The summed E-state index contributed by atoms with van der Waals surface area (Å²) in [6.45, 7) is 11.0. The van der Waals surface area contributed by atoms with E-state index in [9.17, 15) is 9.90 Å². The van der Waals surface area contributed by atoms with Gasteiger partial charge in [-0.15, -0.1) is 0 Å². The van der Waals surface area contributed by atoms with Crippen molar-refractivity contribution in [3.8, 4) is 11.5 Å². The van der Waals surface area contributed by atoms with E-state index < -0.39 is 0 Å². The molecule has 0 aliphatic rings. The topological polar surface area (TPSA) is 46.5 Å². The maximum absolute atomic E-state index is 11.2. The molecule has 0 heterocycles. The van der Waals surface area contributed by atoms with Crippen LogP contribution >= 0.6 is 0 Å². The van der Waals surface area contributed by atoms with Crippen LogP contribution in [0.1, 0.15) is 43.0 Å². The van der Waals surface area contributed by atoms with E-state index in [1.165, 1.54) is 12.5 Å². The number of hydrogen-bond donors (Lipinski definition) is 1. The van der Waals surface area contributed by atoms with Crippen LogP contribution in [-0.2, 0) is 11.2 Å². The first-order valence-electron chi connectivity index (χ1n) is 6.39. The summed E-state index contributed by atoms with van der Waals surface area (Å²) >= 11 is 0. The number of aromatic hydroxyl groups is 1. The van der Waals surface area contributed by atoms with Gasteiger partial charge < -0.3 is 9.84 Å². The summed E-state index contributed by atoms with van der Waals surface area (Å²) < 4.78 is 5.29. The van der Waals surface area contributed by atoms with Gasteiger partial charge in [-0.2, -0.15) is 0 Å². The monoisotopic (exact) mass is 262 g/mol. The summed E-state index contributed by atoms with van der Waals surface area (Å²) in [5.74, 6) is 0.521. The Bertz CT molecular complexity index is 536. The lowest BCUT2D eigenvalue weighted by molar-refractivity contribution is -0.131. The minimum atomic E-state index is -0.343. The van der Waals surface area contributed by atoms with Crippen LogP contribution in [0, 0.1) is 20.8 Å². The molecular formula is C16H22O3. The highest BCUT2D eigenvalue weighted by molar-refractivity contribution is 5.72. The molecule has 0 atom stereocenters. The van der Waals surface area contributed by atoms with Crippen LogP contribution in [0.15, 0.2) is 11.6 Å². The smallest absolute Gasteiger partial charge is 0.308 e. The number of phenolic OH excluding ortho intramolecular Hbond substituents is 1. The third kappa shape index (κ3) is 3.37. The predicted molar refractivity (Wildman–Crippen MR) is 76.8 cm³/mol. The van der Waals surface area contributed by atoms with Crippen molar-refractivity contribution in [2.24, 2.45) is 0 Å². The maximum Gasteiger partial charge on any atom is 0.308 e. The molecule has 0 aromatic heterocycles. The van der Waals surface area contributed by atoms with Gasteiger partial charge >= 0.3 is 5.97 Å². The lowest BCUT2D eigenvalue weighted by atomic mass is 9.95. The van der Waals surface area contributed by atoms with Crippen molar-refractivity contribution in [2.75, 3.05) is 0 Å². The predicted octanol–water partition coefficient (Wildman–Crippen LogP) is 3.75. The molecule has 0 spiro atoms. The number of ether oxygens (including phenoxy) is 1. The molecule has 1 aromatic carbocycles. The van der Waals surface area contributed by atoms with Crippen LogP contribution in [0.5, 0.6) is 11.5 Å². The molecule has 3 heteroatoms. The normalized spacial score (nSPS) is 10.2. The van der Waals surface area contributed by atoms with Gasteiger partial charge in [0.2, 0.25) is 0 Å². The molecule has 0 bridgehead atoms. The number of benzene rings is 1. The molecule has 0 saturated heterocycles. The van der Waals surface area contributed by atoms with Gasteiger partial charge in [-0.25, -0.2) is 0 Å². The summed E-state index contributed by atoms with van der Waals surface area (Å²) in [4.78, 5) is 11.2. The minimum absolute atomic E-state index is 0.295. The van der Waals surface area contributed by atoms with E-state index in [0.717, 1.165) is 22.3 Å². The van der Waals surface area contributed by atoms with Gasteiger partial charge in [0.1, 0.15) is 11.5 Å². The quantitative estimate of drug-likeness (QED) is 0.512. The Labute approximate surface area is 114 Å². The van der Waals surface area contributed by atoms with Gasteiger partial charge in [0.15, 0.2) is 0 Å². The van der Waals surface area contributed by atoms with Gasteiger partial charge in [-0.1, -0.05) is 11.6 Å². The van der Waals surface area contributed by atoms with Crippen molar-refractivity contribution in [2.45, 2.75) is 48.0 Å². The molecule has 19 heavy (non-hydrogen) atoms. The summed E-state index contributed by atoms with van der Waals surface area (Å²) in [5.41, 5.74) is 4.41. The van der Waals surface area contributed by atoms with E-state index >= 15 is 0 Å². The number of rotatable bonds is 3. The van der Waals surface area contributed by atoms with Gasteiger partial charge in [-0.05, 0) is 57.7 Å². The van der Waals surface area contributed by atoms with Gasteiger partial charge in [0, 0.05) is 12.5 Å². The zero-order chi connectivity index (χ0) is 14.7. The number of esters is 1. The Kier molecular flexibility index (Phi) is 4.76. The first-order chi connectivity index (χ1) is 8.75. The molecule has 0 radical (unpaired) electrons. The van der Waals surface area contributed by atoms with Crippen molar-refractivity contribution in [1.29, 1.82) is 0 Å². The van der Waals surface area contributed by atoms with E-state index in [0.29, 0.717) is 17.9 Å². The fraction of sp³-hybridized carbons (Fsp3) is 0.438. The van der Waals surface area contributed by atoms with E-state index in [-0.39, 0.29) is 5.97 Å². The second kappa shape index (κ2) is 5.91. The second-order valence-electron chi connectivity index (χ2n) is 5.11. The molecule has 104 valence electrons.